The Labute approximate surface area is 149 Å². The van der Waals surface area contributed by atoms with Crippen molar-refractivity contribution in [3.05, 3.63) is 21.9 Å². The lowest BCUT2D eigenvalue weighted by Crippen LogP contribution is -2.46. The predicted molar refractivity (Wildman–Crippen MR) is 101 cm³/mol. The fourth-order valence-corrected chi connectivity index (χ4v) is 3.87. The zero-order valence-corrected chi connectivity index (χ0v) is 15.9. The van der Waals surface area contributed by atoms with E-state index in [1.165, 1.54) is 9.75 Å². The summed E-state index contributed by atoms with van der Waals surface area (Å²) in [6.07, 6.45) is 3.84. The molecule has 0 bridgehead atoms. The van der Waals surface area contributed by atoms with E-state index in [1.807, 2.05) is 11.3 Å². The molecule has 1 aliphatic rings. The lowest BCUT2D eigenvalue weighted by Gasteiger charge is -2.34. The maximum atomic E-state index is 11.5. The van der Waals surface area contributed by atoms with Gasteiger partial charge in [0.05, 0.1) is 6.54 Å². The zero-order chi connectivity index (χ0) is 17.4. The van der Waals surface area contributed by atoms with E-state index >= 15 is 0 Å². The van der Waals surface area contributed by atoms with E-state index < -0.39 is 0 Å². The van der Waals surface area contributed by atoms with Crippen molar-refractivity contribution >= 4 is 23.2 Å². The Morgan fingerprint density at radius 2 is 2.00 bits per heavy atom. The summed E-state index contributed by atoms with van der Waals surface area (Å²) < 4.78 is 0. The van der Waals surface area contributed by atoms with Gasteiger partial charge in [0.2, 0.25) is 5.91 Å². The molecule has 6 heteroatoms. The number of likely N-dealkylation sites (tertiary alicyclic amines) is 1. The van der Waals surface area contributed by atoms with Gasteiger partial charge < -0.3 is 15.5 Å². The molecule has 0 unspecified atom stereocenters. The molecule has 2 heterocycles. The van der Waals surface area contributed by atoms with Crippen LogP contribution in [-0.4, -0.2) is 43.4 Å². The highest BCUT2D eigenvalue weighted by Gasteiger charge is 2.23. The molecule has 1 aromatic rings. The Kier molecular flexibility index (Phi) is 7.56. The van der Waals surface area contributed by atoms with Gasteiger partial charge in [-0.05, 0) is 44.2 Å². The summed E-state index contributed by atoms with van der Waals surface area (Å²) in [6, 6.07) is 4.39. The zero-order valence-electron chi connectivity index (χ0n) is 15.1. The van der Waals surface area contributed by atoms with Crippen molar-refractivity contribution in [1.29, 1.82) is 0 Å². The first-order valence-corrected chi connectivity index (χ1v) is 9.79. The summed E-state index contributed by atoms with van der Waals surface area (Å²) in [6.45, 7) is 7.85. The number of carbonyl (C=O) groups excluding carboxylic acids is 1. The molecule has 5 nitrogen and oxygen atoms in total. The molecule has 0 spiro atoms. The minimum absolute atomic E-state index is 0.151. The molecule has 2 rings (SSSR count). The van der Waals surface area contributed by atoms with Crippen LogP contribution in [-0.2, 0) is 17.8 Å². The molecule has 1 saturated heterocycles. The van der Waals surface area contributed by atoms with Crippen LogP contribution < -0.4 is 10.6 Å². The van der Waals surface area contributed by atoms with Gasteiger partial charge >= 0.3 is 0 Å². The Morgan fingerprint density at radius 3 is 2.58 bits per heavy atom. The van der Waals surface area contributed by atoms with Crippen LogP contribution in [0.1, 0.15) is 42.9 Å². The van der Waals surface area contributed by atoms with Gasteiger partial charge in [-0.25, -0.2) is 4.99 Å². The van der Waals surface area contributed by atoms with Gasteiger partial charge in [0.25, 0.3) is 0 Å². The average molecular weight is 351 g/mol. The molecule has 134 valence electrons. The van der Waals surface area contributed by atoms with Crippen molar-refractivity contribution in [3.8, 4) is 0 Å². The molecule has 1 amide bonds. The third-order valence-corrected chi connectivity index (χ3v) is 5.67. The maximum absolute atomic E-state index is 11.5. The number of aliphatic imine (C=N–C) groups is 1. The van der Waals surface area contributed by atoms with Crippen LogP contribution in [0.5, 0.6) is 0 Å². The van der Waals surface area contributed by atoms with Crippen LogP contribution >= 0.6 is 11.3 Å². The van der Waals surface area contributed by atoms with Crippen LogP contribution in [0.3, 0.4) is 0 Å². The van der Waals surface area contributed by atoms with E-state index in [1.54, 1.807) is 7.05 Å². The normalized spacial score (nSPS) is 16.3. The highest BCUT2D eigenvalue weighted by molar-refractivity contribution is 7.11. The Bertz CT molecular complexity index is 547. The van der Waals surface area contributed by atoms with E-state index in [0.29, 0.717) is 12.3 Å². The Morgan fingerprint density at radius 1 is 1.29 bits per heavy atom. The third-order valence-electron chi connectivity index (χ3n) is 4.45. The number of thiophene rings is 1. The number of hydrogen-bond acceptors (Lipinski definition) is 3. The van der Waals surface area contributed by atoms with Crippen molar-refractivity contribution in [1.82, 2.24) is 15.5 Å². The Balaban J connectivity index is 1.90. The van der Waals surface area contributed by atoms with Gasteiger partial charge in [-0.3, -0.25) is 4.79 Å². The summed E-state index contributed by atoms with van der Waals surface area (Å²) >= 11 is 1.85. The number of amides is 1. The van der Waals surface area contributed by atoms with Crippen LogP contribution in [0.2, 0.25) is 0 Å². The van der Waals surface area contributed by atoms with E-state index in [2.05, 4.69) is 41.5 Å². The number of nitrogens with zero attached hydrogens (tertiary/aromatic N) is 2. The monoisotopic (exact) mass is 350 g/mol. The number of aryl methyl sites for hydroxylation is 1. The van der Waals surface area contributed by atoms with Gasteiger partial charge in [0.15, 0.2) is 5.96 Å². The second kappa shape index (κ2) is 9.67. The van der Waals surface area contributed by atoms with Crippen LogP contribution in [0.4, 0.5) is 0 Å². The van der Waals surface area contributed by atoms with E-state index in [9.17, 15) is 4.79 Å². The molecule has 1 fully saturated rings. The molecule has 0 radical (unpaired) electrons. The molecule has 2 N–H and O–H groups in total. The van der Waals surface area contributed by atoms with Gasteiger partial charge in [0, 0.05) is 42.9 Å². The standard InChI is InChI=1S/C18H30N4OS/c1-4-15-6-7-16(24-15)13-21-18(20-5-2)22-10-8-14(9-11-22)12-17(23)19-3/h6-7,14H,4-5,8-13H2,1-3H3,(H,19,23)(H,20,21). The second-order valence-electron chi connectivity index (χ2n) is 6.20. The van der Waals surface area contributed by atoms with Crippen LogP contribution in [0, 0.1) is 5.92 Å². The highest BCUT2D eigenvalue weighted by Crippen LogP contribution is 2.21. The molecule has 1 aromatic heterocycles. The molecule has 0 aromatic carbocycles. The van der Waals surface area contributed by atoms with E-state index in [-0.39, 0.29) is 5.91 Å². The molecule has 0 aliphatic carbocycles. The van der Waals surface area contributed by atoms with Gasteiger partial charge in [-0.15, -0.1) is 11.3 Å². The molecule has 24 heavy (non-hydrogen) atoms. The summed E-state index contributed by atoms with van der Waals surface area (Å²) in [5.74, 6) is 1.65. The molecule has 0 atom stereocenters. The Hall–Kier alpha value is -1.56. The summed E-state index contributed by atoms with van der Waals surface area (Å²) in [4.78, 5) is 21.4. The van der Waals surface area contributed by atoms with Gasteiger partial charge in [-0.1, -0.05) is 6.92 Å². The topological polar surface area (TPSA) is 56.7 Å². The van der Waals surface area contributed by atoms with Crippen molar-refractivity contribution < 1.29 is 4.79 Å². The lowest BCUT2D eigenvalue weighted by atomic mass is 9.93. The summed E-state index contributed by atoms with van der Waals surface area (Å²) in [7, 11) is 1.71. The van der Waals surface area contributed by atoms with Crippen molar-refractivity contribution in [2.24, 2.45) is 10.9 Å². The summed E-state index contributed by atoms with van der Waals surface area (Å²) in [5, 5.41) is 6.14. The number of piperidine rings is 1. The van der Waals surface area contributed by atoms with Crippen molar-refractivity contribution in [2.75, 3.05) is 26.7 Å². The minimum atomic E-state index is 0.151. The van der Waals surface area contributed by atoms with Crippen molar-refractivity contribution in [3.63, 3.8) is 0 Å². The number of hydrogen-bond donors (Lipinski definition) is 2. The fourth-order valence-electron chi connectivity index (χ4n) is 2.99. The molecular formula is C18H30N4OS. The number of carbonyl (C=O) groups is 1. The van der Waals surface area contributed by atoms with Gasteiger partial charge in [-0.2, -0.15) is 0 Å². The van der Waals surface area contributed by atoms with E-state index in [4.69, 9.17) is 4.99 Å². The SMILES string of the molecule is CCNC(=NCc1ccc(CC)s1)N1CCC(CC(=O)NC)CC1. The number of rotatable bonds is 6. The number of guanidine groups is 1. The second-order valence-corrected chi connectivity index (χ2v) is 7.45. The first kappa shape index (κ1) is 18.8. The minimum Gasteiger partial charge on any atom is -0.359 e. The van der Waals surface area contributed by atoms with Crippen LogP contribution in [0.25, 0.3) is 0 Å². The van der Waals surface area contributed by atoms with Crippen LogP contribution in [0.15, 0.2) is 17.1 Å². The smallest absolute Gasteiger partial charge is 0.220 e. The first-order valence-electron chi connectivity index (χ1n) is 8.97. The van der Waals surface area contributed by atoms with Crippen molar-refractivity contribution in [2.45, 2.75) is 46.1 Å². The number of nitrogens with one attached hydrogen (secondary N) is 2. The third kappa shape index (κ3) is 5.51. The average Bonchev–Trinajstić information content (AvgIpc) is 3.07. The highest BCUT2D eigenvalue weighted by atomic mass is 32.1. The quantitative estimate of drug-likeness (QED) is 0.612. The molecule has 0 saturated carbocycles. The maximum Gasteiger partial charge on any atom is 0.220 e. The summed E-state index contributed by atoms with van der Waals surface area (Å²) in [5.41, 5.74) is 0. The first-order chi connectivity index (χ1) is 11.7. The largest absolute Gasteiger partial charge is 0.359 e. The predicted octanol–water partition coefficient (Wildman–Crippen LogP) is 2.62. The van der Waals surface area contributed by atoms with Gasteiger partial charge in [0.1, 0.15) is 0 Å². The fraction of sp³-hybridized carbons (Fsp3) is 0.667. The lowest BCUT2D eigenvalue weighted by molar-refractivity contribution is -0.121. The van der Waals surface area contributed by atoms with E-state index in [0.717, 1.165) is 51.4 Å². The molecule has 1 aliphatic heterocycles. The molecular weight excluding hydrogens is 320 g/mol.